The highest BCUT2D eigenvalue weighted by molar-refractivity contribution is 7.09. The lowest BCUT2D eigenvalue weighted by Crippen LogP contribution is -2.43. The molecule has 0 aliphatic carbocycles. The predicted octanol–water partition coefficient (Wildman–Crippen LogP) is 2.76. The summed E-state index contributed by atoms with van der Waals surface area (Å²) >= 11 is 1.64. The number of thiazole rings is 1. The first-order chi connectivity index (χ1) is 11.0. The predicted molar refractivity (Wildman–Crippen MR) is 90.1 cm³/mol. The van der Waals surface area contributed by atoms with Crippen LogP contribution in [0.2, 0.25) is 0 Å². The van der Waals surface area contributed by atoms with Crippen LogP contribution in [0.1, 0.15) is 56.3 Å². The molecule has 0 unspecified atom stereocenters. The summed E-state index contributed by atoms with van der Waals surface area (Å²) < 4.78 is 0. The number of likely N-dealkylation sites (tertiary alicyclic amines) is 2. The second kappa shape index (κ2) is 6.59. The van der Waals surface area contributed by atoms with E-state index in [-0.39, 0.29) is 29.8 Å². The number of amides is 2. The van der Waals surface area contributed by atoms with Crippen molar-refractivity contribution >= 4 is 23.2 Å². The summed E-state index contributed by atoms with van der Waals surface area (Å²) in [6, 6.07) is 0.261. The molecular formula is C17H25N3O2S. The smallest absolute Gasteiger partial charge is 0.228 e. The summed E-state index contributed by atoms with van der Waals surface area (Å²) in [6.07, 6.45) is 3.51. The maximum absolute atomic E-state index is 13.0. The molecule has 0 spiro atoms. The molecule has 2 amide bonds. The number of piperidine rings is 1. The SMILES string of the molecule is Cc1csc([C@@H]2CCCCN2C(=O)[C@H]2CC(=O)N(C(C)C)C2)n1. The second-order valence-electron chi connectivity index (χ2n) is 6.91. The lowest BCUT2D eigenvalue weighted by molar-refractivity contribution is -0.139. The largest absolute Gasteiger partial charge is 0.339 e. The van der Waals surface area contributed by atoms with Crippen LogP contribution in [0.25, 0.3) is 0 Å². The van der Waals surface area contributed by atoms with Gasteiger partial charge in [0.15, 0.2) is 0 Å². The molecule has 2 aliphatic rings. The molecule has 23 heavy (non-hydrogen) atoms. The maximum Gasteiger partial charge on any atom is 0.228 e. The van der Waals surface area contributed by atoms with Crippen molar-refractivity contribution < 1.29 is 9.59 Å². The fraction of sp³-hybridized carbons (Fsp3) is 0.706. The Hall–Kier alpha value is -1.43. The van der Waals surface area contributed by atoms with Crippen LogP contribution in [-0.2, 0) is 9.59 Å². The normalized spacial score (nSPS) is 25.5. The molecule has 2 atom stereocenters. The van der Waals surface area contributed by atoms with E-state index in [1.165, 1.54) is 0 Å². The number of carbonyl (C=O) groups is 2. The van der Waals surface area contributed by atoms with E-state index in [1.807, 2.05) is 36.0 Å². The molecule has 0 aromatic carbocycles. The summed E-state index contributed by atoms with van der Waals surface area (Å²) in [4.78, 5) is 33.6. The fourth-order valence-corrected chi connectivity index (χ4v) is 4.55. The first-order valence-corrected chi connectivity index (χ1v) is 9.37. The van der Waals surface area contributed by atoms with Gasteiger partial charge in [0, 0.05) is 36.6 Å². The molecule has 5 nitrogen and oxygen atoms in total. The Morgan fingerprint density at radius 3 is 2.78 bits per heavy atom. The van der Waals surface area contributed by atoms with Crippen molar-refractivity contribution in [1.82, 2.24) is 14.8 Å². The van der Waals surface area contributed by atoms with Crippen molar-refractivity contribution in [2.24, 2.45) is 5.92 Å². The van der Waals surface area contributed by atoms with Gasteiger partial charge in [0.1, 0.15) is 5.01 Å². The highest BCUT2D eigenvalue weighted by atomic mass is 32.1. The van der Waals surface area contributed by atoms with Crippen LogP contribution in [0, 0.1) is 12.8 Å². The van der Waals surface area contributed by atoms with E-state index < -0.39 is 0 Å². The van der Waals surface area contributed by atoms with Crippen LogP contribution >= 0.6 is 11.3 Å². The molecule has 0 saturated carbocycles. The number of aryl methyl sites for hydroxylation is 1. The summed E-state index contributed by atoms with van der Waals surface area (Å²) in [5.41, 5.74) is 1.02. The third-order valence-corrected chi connectivity index (χ3v) is 5.90. The summed E-state index contributed by atoms with van der Waals surface area (Å²) in [5.74, 6) is 0.0580. The van der Waals surface area contributed by atoms with Gasteiger partial charge >= 0.3 is 0 Å². The van der Waals surface area contributed by atoms with E-state index in [4.69, 9.17) is 0 Å². The third-order valence-electron chi connectivity index (χ3n) is 4.84. The number of rotatable bonds is 3. The average molecular weight is 335 g/mol. The minimum atomic E-state index is -0.188. The molecule has 2 aliphatic heterocycles. The fourth-order valence-electron chi connectivity index (χ4n) is 3.61. The Labute approximate surface area is 141 Å². The molecular weight excluding hydrogens is 310 g/mol. The van der Waals surface area contributed by atoms with Gasteiger partial charge in [-0.1, -0.05) is 0 Å². The summed E-state index contributed by atoms with van der Waals surface area (Å²) in [7, 11) is 0. The van der Waals surface area contributed by atoms with Crippen molar-refractivity contribution in [2.45, 2.75) is 58.5 Å². The second-order valence-corrected chi connectivity index (χ2v) is 7.80. The first-order valence-electron chi connectivity index (χ1n) is 8.49. The zero-order valence-electron chi connectivity index (χ0n) is 14.1. The van der Waals surface area contributed by atoms with Crippen molar-refractivity contribution in [3.05, 3.63) is 16.1 Å². The van der Waals surface area contributed by atoms with Crippen LogP contribution in [0.4, 0.5) is 0 Å². The molecule has 1 aromatic rings. The number of nitrogens with zero attached hydrogens (tertiary/aromatic N) is 3. The molecule has 0 bridgehead atoms. The summed E-state index contributed by atoms with van der Waals surface area (Å²) in [5, 5.41) is 3.09. The molecule has 2 saturated heterocycles. The lowest BCUT2D eigenvalue weighted by Gasteiger charge is -2.36. The van der Waals surface area contributed by atoms with Crippen LogP contribution < -0.4 is 0 Å². The van der Waals surface area contributed by atoms with Crippen molar-refractivity contribution in [1.29, 1.82) is 0 Å². The quantitative estimate of drug-likeness (QED) is 0.853. The maximum atomic E-state index is 13.0. The topological polar surface area (TPSA) is 53.5 Å². The monoisotopic (exact) mass is 335 g/mol. The third kappa shape index (κ3) is 3.27. The van der Waals surface area contributed by atoms with Gasteiger partial charge in [-0.3, -0.25) is 9.59 Å². The van der Waals surface area contributed by atoms with Crippen LogP contribution in [0.15, 0.2) is 5.38 Å². The minimum absolute atomic E-state index is 0.0955. The van der Waals surface area contributed by atoms with E-state index in [2.05, 4.69) is 4.98 Å². The van der Waals surface area contributed by atoms with Gasteiger partial charge in [-0.2, -0.15) is 0 Å². The van der Waals surface area contributed by atoms with Crippen LogP contribution in [0.3, 0.4) is 0 Å². The highest BCUT2D eigenvalue weighted by Crippen LogP contribution is 2.35. The molecule has 2 fully saturated rings. The van der Waals surface area contributed by atoms with E-state index in [0.717, 1.165) is 36.5 Å². The van der Waals surface area contributed by atoms with E-state index in [0.29, 0.717) is 13.0 Å². The van der Waals surface area contributed by atoms with Gasteiger partial charge in [-0.05, 0) is 40.0 Å². The van der Waals surface area contributed by atoms with Gasteiger partial charge in [0.25, 0.3) is 0 Å². The zero-order valence-corrected chi connectivity index (χ0v) is 14.9. The number of carbonyl (C=O) groups excluding carboxylic acids is 2. The van der Waals surface area contributed by atoms with Gasteiger partial charge in [-0.15, -0.1) is 11.3 Å². The average Bonchev–Trinajstić information content (AvgIpc) is 3.12. The molecule has 6 heteroatoms. The zero-order chi connectivity index (χ0) is 16.6. The van der Waals surface area contributed by atoms with Crippen LogP contribution in [0.5, 0.6) is 0 Å². The Morgan fingerprint density at radius 2 is 2.17 bits per heavy atom. The molecule has 3 rings (SSSR count). The first kappa shape index (κ1) is 16.4. The van der Waals surface area contributed by atoms with Gasteiger partial charge in [0.05, 0.1) is 12.0 Å². The van der Waals surface area contributed by atoms with Crippen molar-refractivity contribution in [3.8, 4) is 0 Å². The lowest BCUT2D eigenvalue weighted by atomic mass is 9.99. The molecule has 0 radical (unpaired) electrons. The Bertz CT molecular complexity index is 598. The van der Waals surface area contributed by atoms with Gasteiger partial charge < -0.3 is 9.80 Å². The number of hydrogen-bond acceptors (Lipinski definition) is 4. The van der Waals surface area contributed by atoms with Gasteiger partial charge in [-0.25, -0.2) is 4.98 Å². The Morgan fingerprint density at radius 1 is 1.39 bits per heavy atom. The summed E-state index contributed by atoms with van der Waals surface area (Å²) in [6.45, 7) is 7.36. The Balaban J connectivity index is 1.76. The van der Waals surface area contributed by atoms with Crippen LogP contribution in [-0.4, -0.2) is 45.7 Å². The van der Waals surface area contributed by atoms with E-state index in [1.54, 1.807) is 11.3 Å². The molecule has 0 N–H and O–H groups in total. The van der Waals surface area contributed by atoms with E-state index >= 15 is 0 Å². The molecule has 1 aromatic heterocycles. The standard InChI is InChI=1S/C17H25N3O2S/c1-11(2)20-9-13(8-15(20)21)17(22)19-7-5-4-6-14(19)16-18-12(3)10-23-16/h10-11,13-14H,4-9H2,1-3H3/t13-,14-/m0/s1. The van der Waals surface area contributed by atoms with Gasteiger partial charge in [0.2, 0.25) is 11.8 Å². The molecule has 126 valence electrons. The van der Waals surface area contributed by atoms with Crippen molar-refractivity contribution in [2.75, 3.05) is 13.1 Å². The highest BCUT2D eigenvalue weighted by Gasteiger charge is 2.40. The number of aromatic nitrogens is 1. The van der Waals surface area contributed by atoms with Crippen molar-refractivity contribution in [3.63, 3.8) is 0 Å². The van der Waals surface area contributed by atoms with E-state index in [9.17, 15) is 9.59 Å². The molecule has 3 heterocycles. The number of hydrogen-bond donors (Lipinski definition) is 0. The Kier molecular flexibility index (Phi) is 4.71. The minimum Gasteiger partial charge on any atom is -0.339 e.